The van der Waals surface area contributed by atoms with Crippen molar-refractivity contribution in [1.82, 2.24) is 0 Å². The van der Waals surface area contributed by atoms with Gasteiger partial charge in [-0.15, -0.1) is 0 Å². The molecule has 0 aromatic rings. The molecule has 14 heavy (non-hydrogen) atoms. The van der Waals surface area contributed by atoms with Crippen LogP contribution in [-0.2, 0) is 4.74 Å². The predicted octanol–water partition coefficient (Wildman–Crippen LogP) is 3.80. The van der Waals surface area contributed by atoms with Gasteiger partial charge < -0.3 is 4.74 Å². The number of hydrogen-bond donors (Lipinski definition) is 0. The van der Waals surface area contributed by atoms with Crippen molar-refractivity contribution in [2.24, 2.45) is 5.41 Å². The smallest absolute Gasteiger partial charge is 0.0559 e. The van der Waals surface area contributed by atoms with Crippen LogP contribution >= 0.6 is 15.9 Å². The second kappa shape index (κ2) is 4.19. The van der Waals surface area contributed by atoms with Gasteiger partial charge in [-0.05, 0) is 37.1 Å². The van der Waals surface area contributed by atoms with Gasteiger partial charge in [-0.1, -0.05) is 33.7 Å². The van der Waals surface area contributed by atoms with E-state index in [0.29, 0.717) is 5.41 Å². The van der Waals surface area contributed by atoms with Crippen molar-refractivity contribution in [1.29, 1.82) is 0 Å². The monoisotopic (exact) mass is 256 g/mol. The van der Waals surface area contributed by atoms with E-state index in [1.165, 1.54) is 30.2 Å². The van der Waals surface area contributed by atoms with E-state index >= 15 is 0 Å². The summed E-state index contributed by atoms with van der Waals surface area (Å²) in [5.74, 6) is 0. The highest BCUT2D eigenvalue weighted by Crippen LogP contribution is 2.54. The summed E-state index contributed by atoms with van der Waals surface area (Å²) in [5, 5.41) is 0. The highest BCUT2D eigenvalue weighted by molar-refractivity contribution is 9.11. The van der Waals surface area contributed by atoms with E-state index in [1.807, 2.05) is 0 Å². The third-order valence-electron chi connectivity index (χ3n) is 3.22. The Bertz CT molecular complexity index is 274. The molecule has 0 amide bonds. The molecule has 1 saturated carbocycles. The number of ether oxygens (including phenoxy) is 1. The molecular weight excluding hydrogens is 240 g/mol. The molecule has 0 aromatic carbocycles. The molecule has 0 saturated heterocycles. The topological polar surface area (TPSA) is 9.23 Å². The Morgan fingerprint density at radius 3 is 2.64 bits per heavy atom. The molecule has 2 rings (SSSR count). The molecule has 0 radical (unpaired) electrons. The van der Waals surface area contributed by atoms with Crippen LogP contribution in [0.3, 0.4) is 0 Å². The highest BCUT2D eigenvalue weighted by atomic mass is 79.9. The Kier molecular flexibility index (Phi) is 3.13. The van der Waals surface area contributed by atoms with E-state index in [9.17, 15) is 0 Å². The maximum atomic E-state index is 5.57. The Balaban J connectivity index is 2.01. The maximum Gasteiger partial charge on any atom is 0.0559 e. The third-order valence-corrected chi connectivity index (χ3v) is 3.88. The van der Waals surface area contributed by atoms with Gasteiger partial charge in [-0.2, -0.15) is 0 Å². The first-order valence-corrected chi connectivity index (χ1v) is 6.19. The van der Waals surface area contributed by atoms with E-state index in [2.05, 4.69) is 35.0 Å². The van der Waals surface area contributed by atoms with Crippen molar-refractivity contribution >= 4 is 15.9 Å². The van der Waals surface area contributed by atoms with Gasteiger partial charge in [0.2, 0.25) is 0 Å². The van der Waals surface area contributed by atoms with Crippen molar-refractivity contribution < 1.29 is 4.74 Å². The molecule has 0 aliphatic heterocycles. The lowest BCUT2D eigenvalue weighted by Gasteiger charge is -2.21. The second-order valence-corrected chi connectivity index (χ2v) is 5.24. The summed E-state index contributed by atoms with van der Waals surface area (Å²) in [4.78, 5) is 0. The maximum absolute atomic E-state index is 5.57. The van der Waals surface area contributed by atoms with E-state index in [0.717, 1.165) is 13.2 Å². The molecule has 1 nitrogen and oxygen atoms in total. The molecule has 0 unspecified atom stereocenters. The van der Waals surface area contributed by atoms with Crippen LogP contribution in [0.25, 0.3) is 0 Å². The lowest BCUT2D eigenvalue weighted by Crippen LogP contribution is -2.14. The normalized spacial score (nSPS) is 24.1. The number of rotatable bonds is 4. The average molecular weight is 257 g/mol. The Hall–Kier alpha value is -0.0800. The molecule has 2 aliphatic carbocycles. The first-order valence-electron chi connectivity index (χ1n) is 5.40. The van der Waals surface area contributed by atoms with Gasteiger partial charge in [0.25, 0.3) is 0 Å². The van der Waals surface area contributed by atoms with Gasteiger partial charge in [0.15, 0.2) is 0 Å². The first kappa shape index (κ1) is 10.4. The average Bonchev–Trinajstić information content (AvgIpc) is 2.97. The van der Waals surface area contributed by atoms with Gasteiger partial charge in [-0.25, -0.2) is 0 Å². The highest BCUT2D eigenvalue weighted by Gasteiger charge is 2.45. The quantitative estimate of drug-likeness (QED) is 0.744. The Morgan fingerprint density at radius 2 is 2.14 bits per heavy atom. The molecule has 2 aliphatic rings. The Labute approximate surface area is 94.3 Å². The summed E-state index contributed by atoms with van der Waals surface area (Å²) in [5.41, 5.74) is 2.04. The van der Waals surface area contributed by atoms with Crippen LogP contribution in [-0.4, -0.2) is 13.2 Å². The van der Waals surface area contributed by atoms with Crippen LogP contribution < -0.4 is 0 Å². The zero-order valence-electron chi connectivity index (χ0n) is 8.68. The molecule has 0 spiro atoms. The van der Waals surface area contributed by atoms with Crippen LogP contribution in [0.4, 0.5) is 0 Å². The molecule has 2 heteroatoms. The van der Waals surface area contributed by atoms with Crippen molar-refractivity contribution in [3.63, 3.8) is 0 Å². The predicted molar refractivity (Wildman–Crippen MR) is 62.5 cm³/mol. The van der Waals surface area contributed by atoms with Gasteiger partial charge in [-0.3, -0.25) is 0 Å². The zero-order valence-corrected chi connectivity index (χ0v) is 10.3. The lowest BCUT2D eigenvalue weighted by molar-refractivity contribution is 0.112. The Morgan fingerprint density at radius 1 is 1.36 bits per heavy atom. The minimum absolute atomic E-state index is 0.431. The molecule has 0 bridgehead atoms. The van der Waals surface area contributed by atoms with E-state index in [1.54, 1.807) is 5.57 Å². The van der Waals surface area contributed by atoms with E-state index in [4.69, 9.17) is 4.74 Å². The van der Waals surface area contributed by atoms with Gasteiger partial charge >= 0.3 is 0 Å². The summed E-state index contributed by atoms with van der Waals surface area (Å²) in [6.07, 6.45) is 9.52. The molecule has 0 N–H and O–H groups in total. The molecule has 78 valence electrons. The second-order valence-electron chi connectivity index (χ2n) is 4.22. The number of allylic oxidation sites excluding steroid dienone is 3. The van der Waals surface area contributed by atoms with E-state index < -0.39 is 0 Å². The van der Waals surface area contributed by atoms with Crippen molar-refractivity contribution in [3.05, 3.63) is 22.2 Å². The number of hydrogen-bond acceptors (Lipinski definition) is 1. The fourth-order valence-corrected chi connectivity index (χ4v) is 2.39. The standard InChI is InChI=1S/C12H17BrO/c1-2-14-9-12(7-8-12)10-3-5-11(13)6-4-10/h3,5H,2,4,6-9H2,1H3. The SMILES string of the molecule is CCOCC1(C2=CC=C(Br)CC2)CC1. The third kappa shape index (κ3) is 2.12. The van der Waals surface area contributed by atoms with Gasteiger partial charge in [0.05, 0.1) is 6.61 Å². The van der Waals surface area contributed by atoms with Crippen molar-refractivity contribution in [2.75, 3.05) is 13.2 Å². The van der Waals surface area contributed by atoms with Crippen LogP contribution in [0.15, 0.2) is 22.2 Å². The number of halogens is 1. The molecule has 0 aromatic heterocycles. The van der Waals surface area contributed by atoms with E-state index in [-0.39, 0.29) is 0 Å². The van der Waals surface area contributed by atoms with Crippen LogP contribution in [0.2, 0.25) is 0 Å². The lowest BCUT2D eigenvalue weighted by atomic mass is 9.90. The summed E-state index contributed by atoms with van der Waals surface area (Å²) in [7, 11) is 0. The van der Waals surface area contributed by atoms with Gasteiger partial charge in [0, 0.05) is 12.0 Å². The largest absolute Gasteiger partial charge is 0.381 e. The molecule has 0 atom stereocenters. The minimum Gasteiger partial charge on any atom is -0.381 e. The summed E-state index contributed by atoms with van der Waals surface area (Å²) < 4.78 is 6.89. The van der Waals surface area contributed by atoms with Crippen LogP contribution in [0, 0.1) is 5.41 Å². The van der Waals surface area contributed by atoms with Crippen LogP contribution in [0.5, 0.6) is 0 Å². The van der Waals surface area contributed by atoms with Crippen molar-refractivity contribution in [3.8, 4) is 0 Å². The van der Waals surface area contributed by atoms with Crippen LogP contribution in [0.1, 0.15) is 32.6 Å². The zero-order chi connectivity index (χ0) is 10.0. The molecular formula is C12H17BrO. The van der Waals surface area contributed by atoms with Gasteiger partial charge in [0.1, 0.15) is 0 Å². The molecule has 1 fully saturated rings. The minimum atomic E-state index is 0.431. The summed E-state index contributed by atoms with van der Waals surface area (Å²) in [6, 6.07) is 0. The first-order chi connectivity index (χ1) is 6.77. The fraction of sp³-hybridized carbons (Fsp3) is 0.667. The fourth-order valence-electron chi connectivity index (χ4n) is 2.06. The van der Waals surface area contributed by atoms with Crippen molar-refractivity contribution in [2.45, 2.75) is 32.6 Å². The summed E-state index contributed by atoms with van der Waals surface area (Å²) >= 11 is 3.54. The molecule has 0 heterocycles. The summed E-state index contributed by atoms with van der Waals surface area (Å²) in [6.45, 7) is 3.84.